The minimum Gasteiger partial charge on any atom is -0.483 e. The van der Waals surface area contributed by atoms with Gasteiger partial charge < -0.3 is 14.5 Å². The maximum atomic E-state index is 9.15. The molecule has 23 heavy (non-hydrogen) atoms. The van der Waals surface area contributed by atoms with E-state index in [1.165, 1.54) is 0 Å². The van der Waals surface area contributed by atoms with Gasteiger partial charge >= 0.3 is 0 Å². The third-order valence-electron chi connectivity index (χ3n) is 3.45. The molecule has 118 valence electrons. The number of benzene rings is 1. The highest BCUT2D eigenvalue weighted by Gasteiger charge is 2.30. The Morgan fingerprint density at radius 3 is 2.48 bits per heavy atom. The Morgan fingerprint density at radius 2 is 1.91 bits per heavy atom. The largest absolute Gasteiger partial charge is 0.483 e. The summed E-state index contributed by atoms with van der Waals surface area (Å²) >= 11 is 0. The number of aliphatic imine (C=N–C) groups is 1. The molecule has 1 aliphatic heterocycles. The molecular weight excluding hydrogens is 290 g/mol. The molecule has 0 aromatic heterocycles. The van der Waals surface area contributed by atoms with Crippen LogP contribution in [0.15, 0.2) is 29.3 Å². The van der Waals surface area contributed by atoms with Crippen LogP contribution in [0, 0.1) is 22.8 Å². The normalized spacial score (nSPS) is 15.4. The van der Waals surface area contributed by atoms with E-state index in [1.807, 2.05) is 52.2 Å². The lowest BCUT2D eigenvalue weighted by Crippen LogP contribution is -2.40. The summed E-state index contributed by atoms with van der Waals surface area (Å²) in [4.78, 5) is 7.48. The molecule has 0 saturated carbocycles. The van der Waals surface area contributed by atoms with Crippen molar-refractivity contribution in [3.8, 4) is 18.0 Å². The predicted octanol–water partition coefficient (Wildman–Crippen LogP) is 2.40. The van der Waals surface area contributed by atoms with Gasteiger partial charge in [-0.3, -0.25) is 0 Å². The average molecular weight is 309 g/mol. The second-order valence-electron chi connectivity index (χ2n) is 6.02. The van der Waals surface area contributed by atoms with Crippen LogP contribution in [0.5, 0.6) is 5.75 Å². The summed E-state index contributed by atoms with van der Waals surface area (Å²) in [6.45, 7) is 3.91. The quantitative estimate of drug-likeness (QED) is 0.452. The fourth-order valence-corrected chi connectivity index (χ4v) is 2.51. The number of ether oxygens (including phenoxy) is 1. The first-order chi connectivity index (χ1) is 10.8. The fraction of sp³-hybridized carbons (Fsp3) is 0.353. The molecule has 1 aromatic carbocycles. The van der Waals surface area contributed by atoms with Gasteiger partial charge in [0, 0.05) is 26.7 Å². The second kappa shape index (κ2) is 6.02. The van der Waals surface area contributed by atoms with Gasteiger partial charge in [0.2, 0.25) is 12.2 Å². The van der Waals surface area contributed by atoms with Crippen molar-refractivity contribution in [2.45, 2.75) is 19.4 Å². The van der Waals surface area contributed by atoms with Crippen LogP contribution in [0.1, 0.15) is 25.0 Å². The van der Waals surface area contributed by atoms with Crippen molar-refractivity contribution in [3.05, 3.63) is 35.4 Å². The summed E-state index contributed by atoms with van der Waals surface area (Å²) in [7, 11) is 5.49. The third kappa shape index (κ3) is 3.27. The van der Waals surface area contributed by atoms with Gasteiger partial charge in [0.05, 0.1) is 17.3 Å². The molecule has 0 amide bonds. The highest BCUT2D eigenvalue weighted by Crippen LogP contribution is 2.38. The molecule has 6 heteroatoms. The zero-order chi connectivity index (χ0) is 17.2. The first kappa shape index (κ1) is 16.4. The molecule has 1 aliphatic rings. The monoisotopic (exact) mass is 309 g/mol. The topological polar surface area (TPSA) is 75.7 Å². The van der Waals surface area contributed by atoms with Gasteiger partial charge in [-0.05, 0) is 38.1 Å². The van der Waals surface area contributed by atoms with E-state index >= 15 is 0 Å². The SMILES string of the molecule is CN(C)/C(=N/C#N)N(C)C1=CC(C)(C)Oc2ccc(C#N)cc21. The van der Waals surface area contributed by atoms with Crippen LogP contribution in [0.25, 0.3) is 5.70 Å². The lowest BCUT2D eigenvalue weighted by atomic mass is 9.97. The fourth-order valence-electron chi connectivity index (χ4n) is 2.51. The van der Waals surface area contributed by atoms with Crippen LogP contribution in [0.4, 0.5) is 0 Å². The predicted molar refractivity (Wildman–Crippen MR) is 88.3 cm³/mol. The number of nitriles is 2. The van der Waals surface area contributed by atoms with Gasteiger partial charge in [-0.15, -0.1) is 4.99 Å². The number of fused-ring (bicyclic) bond motifs is 1. The van der Waals surface area contributed by atoms with E-state index in [4.69, 9.17) is 15.3 Å². The van der Waals surface area contributed by atoms with Crippen molar-refractivity contribution in [2.24, 2.45) is 4.99 Å². The van der Waals surface area contributed by atoms with Crippen molar-refractivity contribution in [3.63, 3.8) is 0 Å². The van der Waals surface area contributed by atoms with Crippen molar-refractivity contribution >= 4 is 11.7 Å². The van der Waals surface area contributed by atoms with Gasteiger partial charge in [-0.2, -0.15) is 10.5 Å². The van der Waals surface area contributed by atoms with E-state index in [0.717, 1.165) is 11.3 Å². The van der Waals surface area contributed by atoms with Crippen LogP contribution in [-0.4, -0.2) is 42.5 Å². The Bertz CT molecular complexity index is 762. The second-order valence-corrected chi connectivity index (χ2v) is 6.02. The molecule has 2 rings (SSSR count). The van der Waals surface area contributed by atoms with E-state index in [0.29, 0.717) is 17.3 Å². The molecule has 0 N–H and O–H groups in total. The number of rotatable bonds is 1. The van der Waals surface area contributed by atoms with Crippen LogP contribution >= 0.6 is 0 Å². The number of guanidine groups is 1. The minimum atomic E-state index is -0.505. The molecule has 0 spiro atoms. The number of hydrogen-bond donors (Lipinski definition) is 0. The lowest BCUT2D eigenvalue weighted by Gasteiger charge is -2.36. The molecule has 0 unspecified atom stereocenters. The van der Waals surface area contributed by atoms with E-state index < -0.39 is 5.60 Å². The van der Waals surface area contributed by atoms with Gasteiger partial charge in [0.1, 0.15) is 11.4 Å². The van der Waals surface area contributed by atoms with Crippen LogP contribution in [0.2, 0.25) is 0 Å². The molecule has 0 aliphatic carbocycles. The van der Waals surface area contributed by atoms with E-state index in [-0.39, 0.29) is 0 Å². The third-order valence-corrected chi connectivity index (χ3v) is 3.45. The summed E-state index contributed by atoms with van der Waals surface area (Å²) < 4.78 is 5.97. The average Bonchev–Trinajstić information content (AvgIpc) is 2.49. The minimum absolute atomic E-state index is 0.504. The van der Waals surface area contributed by atoms with Crippen molar-refractivity contribution in [1.82, 2.24) is 9.80 Å². The molecule has 0 bridgehead atoms. The van der Waals surface area contributed by atoms with Gasteiger partial charge in [-0.25, -0.2) is 0 Å². The Balaban J connectivity index is 2.61. The van der Waals surface area contributed by atoms with E-state index in [2.05, 4.69) is 11.1 Å². The first-order valence-electron chi connectivity index (χ1n) is 7.13. The van der Waals surface area contributed by atoms with Gasteiger partial charge in [0.25, 0.3) is 0 Å². The molecule has 1 heterocycles. The Labute approximate surface area is 136 Å². The van der Waals surface area contributed by atoms with Crippen LogP contribution in [0.3, 0.4) is 0 Å². The molecular formula is C17H19N5O. The summed E-state index contributed by atoms with van der Waals surface area (Å²) in [6.07, 6.45) is 3.80. The maximum absolute atomic E-state index is 9.15. The number of nitrogens with zero attached hydrogens (tertiary/aromatic N) is 5. The highest BCUT2D eigenvalue weighted by atomic mass is 16.5. The zero-order valence-corrected chi connectivity index (χ0v) is 14.0. The van der Waals surface area contributed by atoms with Crippen molar-refractivity contribution in [1.29, 1.82) is 10.5 Å². The Morgan fingerprint density at radius 1 is 1.22 bits per heavy atom. The molecule has 6 nitrogen and oxygen atoms in total. The van der Waals surface area contributed by atoms with Crippen molar-refractivity contribution in [2.75, 3.05) is 21.1 Å². The summed E-state index contributed by atoms with van der Waals surface area (Å²) in [5.74, 6) is 1.21. The highest BCUT2D eigenvalue weighted by molar-refractivity contribution is 5.91. The molecule has 0 radical (unpaired) electrons. The van der Waals surface area contributed by atoms with E-state index in [9.17, 15) is 0 Å². The maximum Gasteiger partial charge on any atom is 0.216 e. The lowest BCUT2D eigenvalue weighted by molar-refractivity contribution is 0.156. The smallest absolute Gasteiger partial charge is 0.216 e. The summed E-state index contributed by atoms with van der Waals surface area (Å²) in [5, 5.41) is 18.1. The standard InChI is InChI=1S/C17H19N5O/c1-17(2)9-14(22(5)16(20-11-19)21(3)4)13-8-12(10-18)6-7-15(13)23-17/h6-9H,1-5H3/b20-16-. The van der Waals surface area contributed by atoms with Crippen LogP contribution < -0.4 is 4.74 Å². The van der Waals surface area contributed by atoms with Gasteiger partial charge in [0.15, 0.2) is 0 Å². The first-order valence-corrected chi connectivity index (χ1v) is 7.13. The summed E-state index contributed by atoms with van der Waals surface area (Å²) in [5.41, 5.74) is 1.69. The molecule has 1 aromatic rings. The molecule has 0 atom stereocenters. The van der Waals surface area contributed by atoms with E-state index in [1.54, 1.807) is 23.1 Å². The Hall–Kier alpha value is -2.99. The molecule has 0 saturated heterocycles. The molecule has 0 fully saturated rings. The van der Waals surface area contributed by atoms with Gasteiger partial charge in [-0.1, -0.05) is 0 Å². The number of hydrogen-bond acceptors (Lipinski definition) is 4. The van der Waals surface area contributed by atoms with Crippen LogP contribution in [-0.2, 0) is 0 Å². The summed E-state index contributed by atoms with van der Waals surface area (Å²) in [6, 6.07) is 7.45. The Kier molecular flexibility index (Phi) is 4.29. The van der Waals surface area contributed by atoms with Crippen molar-refractivity contribution < 1.29 is 4.74 Å². The zero-order valence-electron chi connectivity index (χ0n) is 14.0.